The van der Waals surface area contributed by atoms with Crippen LogP contribution in [0.4, 0.5) is 0 Å². The summed E-state index contributed by atoms with van der Waals surface area (Å²) in [4.78, 5) is 11.5. The summed E-state index contributed by atoms with van der Waals surface area (Å²) < 4.78 is 5.92. The number of hydrogen-bond donors (Lipinski definition) is 2. The smallest absolute Gasteiger partial charge is 0.217 e. The van der Waals surface area contributed by atoms with Crippen molar-refractivity contribution < 1.29 is 9.84 Å². The molecular weight excluding hydrogens is 278 g/mol. The quantitative estimate of drug-likeness (QED) is 0.915. The van der Waals surface area contributed by atoms with Crippen LogP contribution in [0, 0.1) is 6.92 Å². The molecule has 1 aliphatic rings. The number of rotatable bonds is 3. The number of nitrogens with one attached hydrogen (secondary N) is 1. The molecule has 2 heterocycles. The minimum Gasteiger partial charge on any atom is -0.469 e. The van der Waals surface area contributed by atoms with E-state index >= 15 is 0 Å². The van der Waals surface area contributed by atoms with Crippen LogP contribution in [0.2, 0.25) is 0 Å². The van der Waals surface area contributed by atoms with Crippen molar-refractivity contribution in [1.82, 2.24) is 9.97 Å². The van der Waals surface area contributed by atoms with Crippen LogP contribution in [0.1, 0.15) is 43.2 Å². The molecule has 0 saturated carbocycles. The number of nitrogens with zero attached hydrogens (tertiary/aromatic N) is 2. The number of imidazole rings is 1. The molecule has 116 valence electrons. The molecule has 0 radical (unpaired) electrons. The Hall–Kier alpha value is -2.14. The zero-order valence-electron chi connectivity index (χ0n) is 13.3. The van der Waals surface area contributed by atoms with Gasteiger partial charge in [-0.15, -0.1) is 0 Å². The van der Waals surface area contributed by atoms with Crippen LogP contribution in [-0.2, 0) is 10.3 Å². The van der Waals surface area contributed by atoms with E-state index in [1.807, 2.05) is 39.0 Å². The monoisotopic (exact) mass is 299 g/mol. The molecule has 2 N–H and O–H groups in total. The van der Waals surface area contributed by atoms with Gasteiger partial charge in [0.25, 0.3) is 0 Å². The molecule has 0 spiro atoms. The number of aliphatic imine (C=N–C) groups is 1. The van der Waals surface area contributed by atoms with Crippen molar-refractivity contribution in [3.8, 4) is 0 Å². The van der Waals surface area contributed by atoms with Gasteiger partial charge in [0, 0.05) is 5.56 Å². The first-order valence-electron chi connectivity index (χ1n) is 7.36. The summed E-state index contributed by atoms with van der Waals surface area (Å²) in [6.45, 7) is 8.41. The fourth-order valence-corrected chi connectivity index (χ4v) is 2.79. The number of ether oxygens (including phenoxy) is 1. The molecule has 1 aromatic heterocycles. The van der Waals surface area contributed by atoms with Gasteiger partial charge < -0.3 is 14.8 Å². The summed E-state index contributed by atoms with van der Waals surface area (Å²) >= 11 is 0. The summed E-state index contributed by atoms with van der Waals surface area (Å²) in [5, 5.41) is 10.9. The van der Waals surface area contributed by atoms with Gasteiger partial charge in [-0.05, 0) is 44.9 Å². The Balaban J connectivity index is 2.04. The van der Waals surface area contributed by atoms with Crippen LogP contribution < -0.4 is 0 Å². The molecule has 1 atom stereocenters. The van der Waals surface area contributed by atoms with E-state index in [1.165, 1.54) is 0 Å². The van der Waals surface area contributed by atoms with Gasteiger partial charge in [-0.1, -0.05) is 12.1 Å². The average molecular weight is 299 g/mol. The fourth-order valence-electron chi connectivity index (χ4n) is 2.79. The molecule has 0 bridgehead atoms. The zero-order chi connectivity index (χ0) is 16.0. The van der Waals surface area contributed by atoms with E-state index < -0.39 is 5.60 Å². The molecule has 0 amide bonds. The minimum absolute atomic E-state index is 0.274. The molecule has 3 rings (SSSR count). The lowest BCUT2D eigenvalue weighted by Crippen LogP contribution is -2.27. The first-order valence-corrected chi connectivity index (χ1v) is 7.36. The Morgan fingerprint density at radius 3 is 2.73 bits per heavy atom. The van der Waals surface area contributed by atoms with Crippen LogP contribution >= 0.6 is 0 Å². The Morgan fingerprint density at radius 1 is 1.36 bits per heavy atom. The number of aliphatic hydroxyl groups is 1. The number of aromatic nitrogens is 2. The maximum Gasteiger partial charge on any atom is 0.217 e. The van der Waals surface area contributed by atoms with Crippen LogP contribution in [0.5, 0.6) is 0 Å². The van der Waals surface area contributed by atoms with E-state index in [1.54, 1.807) is 19.4 Å². The third-order valence-electron chi connectivity index (χ3n) is 4.09. The molecule has 0 fully saturated rings. The highest BCUT2D eigenvalue weighted by Crippen LogP contribution is 2.32. The number of H-pyrrole nitrogens is 1. The van der Waals surface area contributed by atoms with Gasteiger partial charge in [0.2, 0.25) is 5.90 Å². The molecule has 1 unspecified atom stereocenters. The van der Waals surface area contributed by atoms with E-state index in [0.29, 0.717) is 18.1 Å². The molecule has 0 saturated heterocycles. The highest BCUT2D eigenvalue weighted by molar-refractivity contribution is 5.97. The first-order chi connectivity index (χ1) is 10.3. The van der Waals surface area contributed by atoms with Crippen LogP contribution in [-0.4, -0.2) is 33.1 Å². The molecular formula is C17H21N3O2. The Kier molecular flexibility index (Phi) is 3.33. The SMILES string of the molecule is Cc1c(C2=NCC(C)(C)O2)cccc1C(C)(O)c1cnc[nH]1. The highest BCUT2D eigenvalue weighted by atomic mass is 16.5. The molecule has 22 heavy (non-hydrogen) atoms. The molecule has 1 aliphatic heterocycles. The second-order valence-corrected chi connectivity index (χ2v) is 6.50. The highest BCUT2D eigenvalue weighted by Gasteiger charge is 2.33. The maximum absolute atomic E-state index is 10.9. The summed E-state index contributed by atoms with van der Waals surface area (Å²) in [5.41, 5.74) is 1.92. The van der Waals surface area contributed by atoms with Crippen molar-refractivity contribution in [1.29, 1.82) is 0 Å². The third-order valence-corrected chi connectivity index (χ3v) is 4.09. The van der Waals surface area contributed by atoms with E-state index in [4.69, 9.17) is 4.74 Å². The topological polar surface area (TPSA) is 70.5 Å². The van der Waals surface area contributed by atoms with Crippen LogP contribution in [0.3, 0.4) is 0 Å². The summed E-state index contributed by atoms with van der Waals surface area (Å²) in [5.74, 6) is 0.643. The van der Waals surface area contributed by atoms with Crippen molar-refractivity contribution in [3.05, 3.63) is 53.1 Å². The van der Waals surface area contributed by atoms with Crippen molar-refractivity contribution in [2.24, 2.45) is 4.99 Å². The number of benzene rings is 1. The predicted octanol–water partition coefficient (Wildman–Crippen LogP) is 2.53. The van der Waals surface area contributed by atoms with Crippen molar-refractivity contribution in [3.63, 3.8) is 0 Å². The van der Waals surface area contributed by atoms with Gasteiger partial charge in [-0.3, -0.25) is 0 Å². The van der Waals surface area contributed by atoms with Gasteiger partial charge in [0.15, 0.2) is 0 Å². The Labute approximate surface area is 130 Å². The normalized spacial score (nSPS) is 19.4. The van der Waals surface area contributed by atoms with Gasteiger partial charge in [0.05, 0.1) is 24.8 Å². The second kappa shape index (κ2) is 4.95. The minimum atomic E-state index is -1.15. The second-order valence-electron chi connectivity index (χ2n) is 6.50. The van der Waals surface area contributed by atoms with E-state index in [9.17, 15) is 5.11 Å². The number of aromatic amines is 1. The van der Waals surface area contributed by atoms with Crippen molar-refractivity contribution >= 4 is 5.90 Å². The number of hydrogen-bond acceptors (Lipinski definition) is 4. The molecule has 5 heteroatoms. The van der Waals surface area contributed by atoms with Crippen LogP contribution in [0.15, 0.2) is 35.7 Å². The van der Waals surface area contributed by atoms with E-state index in [2.05, 4.69) is 15.0 Å². The molecule has 1 aromatic carbocycles. The maximum atomic E-state index is 10.9. The van der Waals surface area contributed by atoms with Crippen molar-refractivity contribution in [2.45, 2.75) is 38.9 Å². The lowest BCUT2D eigenvalue weighted by Gasteiger charge is -2.26. The fraction of sp³-hybridized carbons (Fsp3) is 0.412. The third kappa shape index (κ3) is 2.41. The summed E-state index contributed by atoms with van der Waals surface area (Å²) in [6, 6.07) is 5.81. The Bertz CT molecular complexity index is 716. The first kappa shape index (κ1) is 14.8. The summed E-state index contributed by atoms with van der Waals surface area (Å²) in [7, 11) is 0. The Morgan fingerprint density at radius 2 is 2.14 bits per heavy atom. The van der Waals surface area contributed by atoms with E-state index in [-0.39, 0.29) is 5.60 Å². The lowest BCUT2D eigenvalue weighted by molar-refractivity contribution is 0.0971. The lowest BCUT2D eigenvalue weighted by atomic mass is 9.87. The molecule has 5 nitrogen and oxygen atoms in total. The van der Waals surface area contributed by atoms with Crippen LogP contribution in [0.25, 0.3) is 0 Å². The average Bonchev–Trinajstić information content (AvgIpc) is 3.08. The van der Waals surface area contributed by atoms with Gasteiger partial charge in [-0.25, -0.2) is 9.98 Å². The standard InChI is InChI=1S/C17H21N3O2/c1-11-12(15-19-9-16(2,3)22-15)6-5-7-13(11)17(4,21)14-8-18-10-20-14/h5-8,10,21H,9H2,1-4H3,(H,18,20). The van der Waals surface area contributed by atoms with E-state index in [0.717, 1.165) is 16.7 Å². The molecule has 0 aliphatic carbocycles. The summed E-state index contributed by atoms with van der Waals surface area (Å²) in [6.07, 6.45) is 3.20. The zero-order valence-corrected chi connectivity index (χ0v) is 13.3. The predicted molar refractivity (Wildman–Crippen MR) is 85.0 cm³/mol. The van der Waals surface area contributed by atoms with Crippen molar-refractivity contribution in [2.75, 3.05) is 6.54 Å². The van der Waals surface area contributed by atoms with Gasteiger partial charge in [0.1, 0.15) is 11.2 Å². The van der Waals surface area contributed by atoms with Gasteiger partial charge in [-0.2, -0.15) is 0 Å². The largest absolute Gasteiger partial charge is 0.469 e. The molecule has 2 aromatic rings. The van der Waals surface area contributed by atoms with Gasteiger partial charge >= 0.3 is 0 Å².